The maximum absolute atomic E-state index is 13.7. The molecular formula is C26H35N3O7S. The van der Waals surface area contributed by atoms with Crippen LogP contribution in [0.1, 0.15) is 33.3 Å². The number of rotatable bonds is 12. The zero-order valence-corrected chi connectivity index (χ0v) is 22.7. The van der Waals surface area contributed by atoms with Crippen LogP contribution in [0.15, 0.2) is 42.5 Å². The first-order valence-electron chi connectivity index (χ1n) is 12.2. The minimum atomic E-state index is -3.84. The van der Waals surface area contributed by atoms with Crippen molar-refractivity contribution in [3.63, 3.8) is 0 Å². The minimum Gasteiger partial charge on any atom is -0.497 e. The largest absolute Gasteiger partial charge is 0.497 e. The van der Waals surface area contributed by atoms with Gasteiger partial charge in [-0.05, 0) is 49.6 Å². The van der Waals surface area contributed by atoms with Gasteiger partial charge in [0.1, 0.15) is 18.3 Å². The number of benzene rings is 2. The van der Waals surface area contributed by atoms with E-state index >= 15 is 0 Å². The number of hydrogen-bond donors (Lipinski definition) is 1. The highest BCUT2D eigenvalue weighted by molar-refractivity contribution is 7.92. The topological polar surface area (TPSA) is 114 Å². The number of carbonyl (C=O) groups excluding carboxylic acids is 2. The zero-order chi connectivity index (χ0) is 27.2. The molecule has 1 aliphatic heterocycles. The average Bonchev–Trinajstić information content (AvgIpc) is 3.36. The summed E-state index contributed by atoms with van der Waals surface area (Å²) >= 11 is 0. The molecule has 0 unspecified atom stereocenters. The van der Waals surface area contributed by atoms with E-state index in [0.29, 0.717) is 23.8 Å². The monoisotopic (exact) mass is 533 g/mol. The molecule has 1 aliphatic rings. The van der Waals surface area contributed by atoms with Gasteiger partial charge in [-0.25, -0.2) is 8.42 Å². The number of nitrogens with one attached hydrogen (secondary N) is 1. The predicted octanol–water partition coefficient (Wildman–Crippen LogP) is 2.77. The fourth-order valence-corrected chi connectivity index (χ4v) is 4.78. The lowest BCUT2D eigenvalue weighted by Gasteiger charge is -2.32. The SMILES string of the molecule is CCS(=O)(=O)N(CC(=O)N(Cc1ccc(OC)cc1)[C@H](C)C(=O)NCC(C)C)c1ccc2c(c1)OCO2. The molecule has 1 heterocycles. The lowest BCUT2D eigenvalue weighted by molar-refractivity contribution is -0.139. The van der Waals surface area contributed by atoms with Gasteiger partial charge in [0.05, 0.1) is 18.6 Å². The van der Waals surface area contributed by atoms with E-state index in [-0.39, 0.29) is 36.6 Å². The Balaban J connectivity index is 1.91. The first-order valence-corrected chi connectivity index (χ1v) is 13.8. The number of fused-ring (bicyclic) bond motifs is 1. The van der Waals surface area contributed by atoms with Crippen molar-refractivity contribution in [2.24, 2.45) is 5.92 Å². The van der Waals surface area contributed by atoms with Crippen molar-refractivity contribution in [3.05, 3.63) is 48.0 Å². The molecule has 3 rings (SSSR count). The molecule has 2 aromatic rings. The molecule has 202 valence electrons. The first-order chi connectivity index (χ1) is 17.6. The van der Waals surface area contributed by atoms with Gasteiger partial charge >= 0.3 is 0 Å². The average molecular weight is 534 g/mol. The third kappa shape index (κ3) is 7.06. The standard InChI is InChI=1S/C26H35N3O7S/c1-6-37(32,33)29(21-9-12-23-24(13-21)36-17-35-23)16-25(30)28(19(4)26(31)27-14-18(2)3)15-20-7-10-22(34-5)11-8-20/h7-13,18-19H,6,14-17H2,1-5H3,(H,27,31)/t19-/m1/s1. The summed E-state index contributed by atoms with van der Waals surface area (Å²) in [5.41, 5.74) is 1.05. The Kier molecular flexibility index (Phi) is 9.25. The van der Waals surface area contributed by atoms with E-state index in [1.54, 1.807) is 50.4 Å². The molecular weight excluding hydrogens is 498 g/mol. The Morgan fingerprint density at radius 3 is 2.35 bits per heavy atom. The summed E-state index contributed by atoms with van der Waals surface area (Å²) in [5, 5.41) is 2.86. The van der Waals surface area contributed by atoms with E-state index in [9.17, 15) is 18.0 Å². The summed E-state index contributed by atoms with van der Waals surface area (Å²) in [6.07, 6.45) is 0. The molecule has 0 aliphatic carbocycles. The molecule has 0 saturated heterocycles. The summed E-state index contributed by atoms with van der Waals surface area (Å²) in [7, 11) is -2.28. The van der Waals surface area contributed by atoms with Crippen LogP contribution in [0.3, 0.4) is 0 Å². The molecule has 2 aromatic carbocycles. The summed E-state index contributed by atoms with van der Waals surface area (Å²) in [6, 6.07) is 11.0. The Labute approximate surface area is 218 Å². The Morgan fingerprint density at radius 1 is 1.05 bits per heavy atom. The van der Waals surface area contributed by atoms with E-state index in [2.05, 4.69) is 5.32 Å². The van der Waals surface area contributed by atoms with Gasteiger partial charge in [-0.15, -0.1) is 0 Å². The summed E-state index contributed by atoms with van der Waals surface area (Å²) in [4.78, 5) is 28.0. The maximum atomic E-state index is 13.7. The second kappa shape index (κ2) is 12.2. The highest BCUT2D eigenvalue weighted by Gasteiger charge is 2.31. The lowest BCUT2D eigenvalue weighted by Crippen LogP contribution is -2.51. The van der Waals surface area contributed by atoms with Crippen LogP contribution in [0.4, 0.5) is 5.69 Å². The Bertz CT molecular complexity index is 1200. The quantitative estimate of drug-likeness (QED) is 0.446. The number of carbonyl (C=O) groups is 2. The van der Waals surface area contributed by atoms with E-state index < -0.39 is 28.5 Å². The summed E-state index contributed by atoms with van der Waals surface area (Å²) in [6.45, 7) is 7.23. The molecule has 1 N–H and O–H groups in total. The third-order valence-electron chi connectivity index (χ3n) is 5.99. The van der Waals surface area contributed by atoms with Crippen molar-refractivity contribution in [2.75, 3.05) is 37.1 Å². The lowest BCUT2D eigenvalue weighted by atomic mass is 10.1. The van der Waals surface area contributed by atoms with Gasteiger partial charge in [0, 0.05) is 19.2 Å². The molecule has 11 heteroatoms. The van der Waals surface area contributed by atoms with Crippen LogP contribution in [0.2, 0.25) is 0 Å². The van der Waals surface area contributed by atoms with Gasteiger partial charge in [-0.3, -0.25) is 13.9 Å². The number of ether oxygens (including phenoxy) is 3. The van der Waals surface area contributed by atoms with Crippen LogP contribution in [0.25, 0.3) is 0 Å². The van der Waals surface area contributed by atoms with Crippen LogP contribution in [0, 0.1) is 5.92 Å². The number of amides is 2. The van der Waals surface area contributed by atoms with Crippen molar-refractivity contribution in [3.8, 4) is 17.2 Å². The second-order valence-electron chi connectivity index (χ2n) is 9.13. The molecule has 0 spiro atoms. The number of nitrogens with zero attached hydrogens (tertiary/aromatic N) is 2. The van der Waals surface area contributed by atoms with Gasteiger partial charge in [0.2, 0.25) is 28.6 Å². The van der Waals surface area contributed by atoms with Crippen LogP contribution in [0.5, 0.6) is 17.2 Å². The number of hydrogen-bond acceptors (Lipinski definition) is 7. The van der Waals surface area contributed by atoms with Crippen molar-refractivity contribution in [2.45, 2.75) is 40.3 Å². The predicted molar refractivity (Wildman–Crippen MR) is 140 cm³/mol. The van der Waals surface area contributed by atoms with Crippen LogP contribution >= 0.6 is 0 Å². The molecule has 0 aromatic heterocycles. The number of sulfonamides is 1. The highest BCUT2D eigenvalue weighted by atomic mass is 32.2. The molecule has 2 amide bonds. The second-order valence-corrected chi connectivity index (χ2v) is 11.3. The van der Waals surface area contributed by atoms with Crippen molar-refractivity contribution < 1.29 is 32.2 Å². The van der Waals surface area contributed by atoms with E-state index in [0.717, 1.165) is 9.87 Å². The zero-order valence-electron chi connectivity index (χ0n) is 21.9. The van der Waals surface area contributed by atoms with E-state index in [1.807, 2.05) is 13.8 Å². The fourth-order valence-electron chi connectivity index (χ4n) is 3.72. The molecule has 1 atom stereocenters. The van der Waals surface area contributed by atoms with E-state index in [1.165, 1.54) is 17.9 Å². The molecule has 10 nitrogen and oxygen atoms in total. The first kappa shape index (κ1) is 28.1. The molecule has 0 fully saturated rings. The van der Waals surface area contributed by atoms with Gasteiger partial charge in [-0.1, -0.05) is 26.0 Å². The van der Waals surface area contributed by atoms with Gasteiger partial charge in [0.15, 0.2) is 11.5 Å². The Morgan fingerprint density at radius 2 is 1.73 bits per heavy atom. The highest BCUT2D eigenvalue weighted by Crippen LogP contribution is 2.36. The smallest absolute Gasteiger partial charge is 0.244 e. The van der Waals surface area contributed by atoms with Gasteiger partial charge in [-0.2, -0.15) is 0 Å². The normalized spacial score (nSPS) is 13.2. The number of anilines is 1. The molecule has 0 radical (unpaired) electrons. The Hall–Kier alpha value is -3.47. The van der Waals surface area contributed by atoms with Crippen LogP contribution < -0.4 is 23.8 Å². The fraction of sp³-hybridized carbons (Fsp3) is 0.462. The van der Waals surface area contributed by atoms with Crippen molar-refractivity contribution >= 4 is 27.5 Å². The van der Waals surface area contributed by atoms with Gasteiger partial charge < -0.3 is 24.4 Å². The van der Waals surface area contributed by atoms with Crippen molar-refractivity contribution in [1.29, 1.82) is 0 Å². The minimum absolute atomic E-state index is 0.0386. The maximum Gasteiger partial charge on any atom is 0.244 e. The van der Waals surface area contributed by atoms with Crippen LogP contribution in [-0.4, -0.2) is 63.9 Å². The summed E-state index contributed by atoms with van der Waals surface area (Å²) in [5.74, 6) is 0.752. The molecule has 0 saturated carbocycles. The van der Waals surface area contributed by atoms with Crippen LogP contribution in [-0.2, 0) is 26.2 Å². The third-order valence-corrected chi connectivity index (χ3v) is 7.73. The van der Waals surface area contributed by atoms with E-state index in [4.69, 9.17) is 14.2 Å². The van der Waals surface area contributed by atoms with Crippen molar-refractivity contribution in [1.82, 2.24) is 10.2 Å². The number of methoxy groups -OCH3 is 1. The summed E-state index contributed by atoms with van der Waals surface area (Å²) < 4.78 is 43.1. The molecule has 0 bridgehead atoms. The van der Waals surface area contributed by atoms with Gasteiger partial charge in [0.25, 0.3) is 0 Å². The molecule has 37 heavy (non-hydrogen) atoms.